The normalized spacial score (nSPS) is 14.1. The van der Waals surface area contributed by atoms with E-state index in [2.05, 4.69) is 46.9 Å². The number of nitrogens with one attached hydrogen (secondary N) is 1. The summed E-state index contributed by atoms with van der Waals surface area (Å²) in [6, 6.07) is 3.85. The van der Waals surface area contributed by atoms with E-state index < -0.39 is 5.91 Å². The molecule has 0 saturated heterocycles. The molecule has 0 aliphatic heterocycles. The average Bonchev–Trinajstić information content (AvgIpc) is 2.65. The van der Waals surface area contributed by atoms with Crippen molar-refractivity contribution in [2.75, 3.05) is 0 Å². The molecule has 1 N–H and O–H groups in total. The zero-order valence-electron chi connectivity index (χ0n) is 18.0. The van der Waals surface area contributed by atoms with Gasteiger partial charge < -0.3 is 35.3 Å². The number of carbonyl (C=O) groups excluding carboxylic acids is 1. The van der Waals surface area contributed by atoms with Crippen LogP contribution in [-0.2, 0) is 21.7 Å². The minimum absolute atomic E-state index is 0. The maximum absolute atomic E-state index is 10.9. The molecule has 0 fully saturated rings. The maximum Gasteiger partial charge on any atom is 4.00 e. The van der Waals surface area contributed by atoms with Gasteiger partial charge in [0.15, 0.2) is 0 Å². The molecule has 6 heteroatoms. The van der Waals surface area contributed by atoms with Crippen LogP contribution in [0.4, 0.5) is 0 Å². The molecular weight excluding hydrogens is 429 g/mol. The van der Waals surface area contributed by atoms with Crippen LogP contribution in [-0.4, -0.2) is 15.4 Å². The predicted molar refractivity (Wildman–Crippen MR) is 108 cm³/mol. The molecule has 1 aliphatic rings. The molecule has 2 nitrogen and oxygen atoms in total. The van der Waals surface area contributed by atoms with Crippen LogP contribution in [0.5, 0.6) is 0 Å². The summed E-state index contributed by atoms with van der Waals surface area (Å²) in [5.41, 5.74) is 14.7. The van der Waals surface area contributed by atoms with Gasteiger partial charge in [0.25, 0.3) is 0 Å². The summed E-state index contributed by atoms with van der Waals surface area (Å²) >= 11 is 0. The monoisotopic (exact) mass is 460 g/mol. The van der Waals surface area contributed by atoms with Gasteiger partial charge in [-0.05, 0) is 31.9 Å². The number of carbonyl (C=O) groups is 1. The van der Waals surface area contributed by atoms with Crippen LogP contribution in [0.3, 0.4) is 0 Å². The number of hydrogen-bond donors (Lipinski definition) is 0. The molecule has 1 aromatic carbocycles. The van der Waals surface area contributed by atoms with E-state index in [0.29, 0.717) is 11.5 Å². The summed E-state index contributed by atoms with van der Waals surface area (Å²) in [4.78, 5) is 10.9. The first-order valence-electron chi connectivity index (χ1n) is 8.42. The van der Waals surface area contributed by atoms with Gasteiger partial charge in [-0.15, -0.1) is 6.92 Å². The van der Waals surface area contributed by atoms with E-state index >= 15 is 0 Å². The van der Waals surface area contributed by atoms with Gasteiger partial charge >= 0.3 is 21.7 Å². The molecule has 1 aromatic rings. The Bertz CT molecular complexity index is 635. The van der Waals surface area contributed by atoms with Gasteiger partial charge in [0.2, 0.25) is 0 Å². The standard InChI is InChI=1S/C10H13NO.C9H13.C2H7Si.2ClH.Ti/c1-6-4-7(2)9(10(11)12)8(3)5-6;1-6-5-7(2)9(4)8(6)3;1-3-2;;;/h4-5H,1-3H3,(H2,11,12);6H,1-4H3;3H,1-2H3;2*1H;/q;-1;;;;+4/p-3. The van der Waals surface area contributed by atoms with Gasteiger partial charge in [-0.1, -0.05) is 57.5 Å². The second-order valence-corrected chi connectivity index (χ2v) is 7.63. The molecule has 1 aliphatic carbocycles. The molecule has 0 spiro atoms. The summed E-state index contributed by atoms with van der Waals surface area (Å²) < 4.78 is 0. The van der Waals surface area contributed by atoms with E-state index in [-0.39, 0.29) is 46.5 Å². The Morgan fingerprint density at radius 1 is 1.00 bits per heavy atom. The third-order valence-electron chi connectivity index (χ3n) is 4.14. The van der Waals surface area contributed by atoms with Crippen molar-refractivity contribution in [1.29, 1.82) is 0 Å². The molecular formula is C21H32Cl2NOSiTi. The molecule has 0 heterocycles. The maximum atomic E-state index is 10.9. The molecule has 1 amide bonds. The Labute approximate surface area is 196 Å². The quantitative estimate of drug-likeness (QED) is 0.431. The van der Waals surface area contributed by atoms with E-state index in [4.69, 9.17) is 5.73 Å². The molecule has 0 saturated carbocycles. The summed E-state index contributed by atoms with van der Waals surface area (Å²) in [6.45, 7) is 18.8. The van der Waals surface area contributed by atoms with Crippen molar-refractivity contribution in [3.8, 4) is 0 Å². The van der Waals surface area contributed by atoms with Crippen molar-refractivity contribution in [1.82, 2.24) is 0 Å². The minimum Gasteiger partial charge on any atom is -1.00 e. The van der Waals surface area contributed by atoms with E-state index in [1.54, 1.807) is 0 Å². The number of hydrogen-bond acceptors (Lipinski definition) is 1. The SMILES string of the molecule is CC1=[C-]C(C)C(C)=C1C.C[SiH]C.Cc1cc(C)c(C([NH-])=O)c(C)c1.[Cl-].[Cl-].[Ti+4]. The first-order chi connectivity index (χ1) is 11.1. The fourth-order valence-electron chi connectivity index (χ4n) is 2.70. The molecule has 1 radical (unpaired) electrons. The van der Waals surface area contributed by atoms with Crippen molar-refractivity contribution in [2.24, 2.45) is 5.92 Å². The van der Waals surface area contributed by atoms with Crippen molar-refractivity contribution in [2.45, 2.75) is 61.6 Å². The van der Waals surface area contributed by atoms with Gasteiger partial charge in [0.1, 0.15) is 0 Å². The van der Waals surface area contributed by atoms with Crippen LogP contribution in [0.15, 0.2) is 28.9 Å². The van der Waals surface area contributed by atoms with E-state index in [1.165, 1.54) is 16.7 Å². The fraction of sp³-hybridized carbons (Fsp3) is 0.476. The Balaban J connectivity index is -0.000000159. The molecule has 0 aromatic heterocycles. The Kier molecular flexibility index (Phi) is 21.1. The van der Waals surface area contributed by atoms with Crippen LogP contribution in [0.25, 0.3) is 5.73 Å². The number of aryl methyl sites for hydroxylation is 3. The third-order valence-corrected chi connectivity index (χ3v) is 4.14. The van der Waals surface area contributed by atoms with Crippen LogP contribution in [0.1, 0.15) is 54.7 Å². The van der Waals surface area contributed by atoms with Gasteiger partial charge in [0.05, 0.1) is 5.91 Å². The van der Waals surface area contributed by atoms with Crippen LogP contribution in [0, 0.1) is 32.8 Å². The molecule has 1 atom stereocenters. The Hall–Kier alpha value is -0.319. The molecule has 2 rings (SSSR count). The number of allylic oxidation sites excluding steroid dienone is 4. The van der Waals surface area contributed by atoms with E-state index in [1.807, 2.05) is 32.9 Å². The van der Waals surface area contributed by atoms with Crippen molar-refractivity contribution < 1.29 is 51.3 Å². The number of rotatable bonds is 1. The van der Waals surface area contributed by atoms with Crippen molar-refractivity contribution in [3.05, 3.63) is 62.9 Å². The Morgan fingerprint density at radius 2 is 1.37 bits per heavy atom. The largest absolute Gasteiger partial charge is 4.00 e. The van der Waals surface area contributed by atoms with Crippen LogP contribution >= 0.6 is 0 Å². The van der Waals surface area contributed by atoms with Crippen molar-refractivity contribution >= 4 is 15.4 Å². The van der Waals surface area contributed by atoms with Gasteiger partial charge in [0, 0.05) is 15.1 Å². The minimum atomic E-state index is -0.593. The fourth-order valence-corrected chi connectivity index (χ4v) is 2.70. The zero-order chi connectivity index (χ0) is 19.0. The number of amides is 1. The Morgan fingerprint density at radius 3 is 1.56 bits per heavy atom. The third kappa shape index (κ3) is 11.3. The van der Waals surface area contributed by atoms with Crippen LogP contribution in [0.2, 0.25) is 13.1 Å². The molecule has 0 bridgehead atoms. The van der Waals surface area contributed by atoms with Gasteiger partial charge in [-0.25, -0.2) is 5.57 Å². The topological polar surface area (TPSA) is 40.9 Å². The van der Waals surface area contributed by atoms with E-state index in [0.717, 1.165) is 26.2 Å². The second kappa shape index (κ2) is 16.6. The van der Waals surface area contributed by atoms with E-state index in [9.17, 15) is 4.79 Å². The average molecular weight is 461 g/mol. The van der Waals surface area contributed by atoms with Crippen LogP contribution < -0.4 is 24.8 Å². The molecule has 1 unspecified atom stereocenters. The smallest absolute Gasteiger partial charge is 1.00 e. The molecule has 149 valence electrons. The number of halogens is 2. The second-order valence-electron chi connectivity index (χ2n) is 6.48. The van der Waals surface area contributed by atoms with Crippen molar-refractivity contribution in [3.63, 3.8) is 0 Å². The number of benzene rings is 1. The summed E-state index contributed by atoms with van der Waals surface area (Å²) in [7, 11) is 0.750. The molecule has 27 heavy (non-hydrogen) atoms. The zero-order valence-corrected chi connectivity index (χ0v) is 22.2. The summed E-state index contributed by atoms with van der Waals surface area (Å²) in [6.07, 6.45) is 3.36. The first kappa shape index (κ1) is 34.2. The van der Waals surface area contributed by atoms with Gasteiger partial charge in [-0.2, -0.15) is 11.1 Å². The van der Waals surface area contributed by atoms with Gasteiger partial charge in [-0.3, -0.25) is 6.08 Å². The summed E-state index contributed by atoms with van der Waals surface area (Å²) in [5, 5.41) is 0. The summed E-state index contributed by atoms with van der Waals surface area (Å²) in [5.74, 6) is -0.0324. The first-order valence-corrected chi connectivity index (χ1v) is 10.7. The predicted octanol–water partition coefficient (Wildman–Crippen LogP) is 0.0509.